The largest absolute Gasteiger partial charge is 0.408 e. The normalized spacial score (nSPS) is 18.9. The Labute approximate surface area is 91.4 Å². The van der Waals surface area contributed by atoms with Gasteiger partial charge in [0.05, 0.1) is 5.60 Å². The molecule has 2 rings (SSSR count). The molecule has 0 atom stereocenters. The van der Waals surface area contributed by atoms with Gasteiger partial charge >= 0.3 is 0 Å². The van der Waals surface area contributed by atoms with Crippen LogP contribution in [0.3, 0.4) is 0 Å². The van der Waals surface area contributed by atoms with Crippen molar-refractivity contribution in [3.8, 4) is 0 Å². The monoisotopic (exact) mass is 224 g/mol. The standard InChI is InChI=1S/C12H17FOSi/c1-15(2,3)14-12(8-9-12)10-4-6-11(13)7-5-10/h4-7H,8-9H2,1-3H3. The molecule has 0 N–H and O–H groups in total. The lowest BCUT2D eigenvalue weighted by Gasteiger charge is -2.26. The SMILES string of the molecule is C[Si](C)(C)OC1(c2ccc(F)cc2)CC1. The van der Waals surface area contributed by atoms with Crippen LogP contribution in [0.5, 0.6) is 0 Å². The molecule has 1 aliphatic rings. The summed E-state index contributed by atoms with van der Waals surface area (Å²) in [5.41, 5.74) is 1.05. The Morgan fingerprint density at radius 2 is 1.67 bits per heavy atom. The average Bonchev–Trinajstić information content (AvgIpc) is 2.83. The van der Waals surface area contributed by atoms with E-state index in [0.29, 0.717) is 0 Å². The molecular formula is C12H17FOSi. The first kappa shape index (κ1) is 10.8. The van der Waals surface area contributed by atoms with Crippen molar-refractivity contribution in [3.63, 3.8) is 0 Å². The van der Waals surface area contributed by atoms with Crippen LogP contribution in [0.1, 0.15) is 18.4 Å². The second-order valence-electron chi connectivity index (χ2n) is 5.22. The summed E-state index contributed by atoms with van der Waals surface area (Å²) >= 11 is 0. The maximum atomic E-state index is 12.8. The second kappa shape index (κ2) is 3.42. The molecule has 0 spiro atoms. The predicted octanol–water partition coefficient (Wildman–Crippen LogP) is 3.67. The van der Waals surface area contributed by atoms with E-state index in [-0.39, 0.29) is 11.4 Å². The highest BCUT2D eigenvalue weighted by Crippen LogP contribution is 2.50. The molecule has 0 saturated heterocycles. The Morgan fingerprint density at radius 3 is 2.07 bits per heavy atom. The Kier molecular flexibility index (Phi) is 2.47. The van der Waals surface area contributed by atoms with Gasteiger partial charge in [-0.05, 0) is 50.2 Å². The molecule has 15 heavy (non-hydrogen) atoms. The summed E-state index contributed by atoms with van der Waals surface area (Å²) < 4.78 is 19.0. The first-order chi connectivity index (χ1) is 6.91. The fourth-order valence-electron chi connectivity index (χ4n) is 1.90. The Balaban J connectivity index is 2.20. The summed E-state index contributed by atoms with van der Waals surface area (Å²) in [7, 11) is -1.52. The molecule has 0 unspecified atom stereocenters. The molecule has 0 amide bonds. The highest BCUT2D eigenvalue weighted by Gasteiger charge is 2.48. The minimum atomic E-state index is -1.52. The van der Waals surface area contributed by atoms with Crippen LogP contribution < -0.4 is 0 Å². The van der Waals surface area contributed by atoms with Crippen LogP contribution in [0.4, 0.5) is 4.39 Å². The summed E-state index contributed by atoms with van der Waals surface area (Å²) in [4.78, 5) is 0. The number of benzene rings is 1. The van der Waals surface area contributed by atoms with Crippen LogP contribution >= 0.6 is 0 Å². The minimum absolute atomic E-state index is 0.0851. The molecule has 82 valence electrons. The highest BCUT2D eigenvalue weighted by molar-refractivity contribution is 6.69. The van der Waals surface area contributed by atoms with Gasteiger partial charge in [0.25, 0.3) is 0 Å². The van der Waals surface area contributed by atoms with Crippen molar-refractivity contribution in [1.82, 2.24) is 0 Å². The zero-order valence-electron chi connectivity index (χ0n) is 9.51. The van der Waals surface area contributed by atoms with Crippen molar-refractivity contribution in [2.75, 3.05) is 0 Å². The fraction of sp³-hybridized carbons (Fsp3) is 0.500. The van der Waals surface area contributed by atoms with Crippen molar-refractivity contribution in [3.05, 3.63) is 35.6 Å². The summed E-state index contributed by atoms with van der Waals surface area (Å²) in [6, 6.07) is 6.73. The van der Waals surface area contributed by atoms with E-state index in [1.54, 1.807) is 0 Å². The van der Waals surface area contributed by atoms with Crippen LogP contribution in [-0.4, -0.2) is 8.32 Å². The molecule has 1 aliphatic carbocycles. The van der Waals surface area contributed by atoms with E-state index in [0.717, 1.165) is 18.4 Å². The van der Waals surface area contributed by atoms with E-state index in [4.69, 9.17) is 4.43 Å². The first-order valence-electron chi connectivity index (χ1n) is 5.38. The lowest BCUT2D eigenvalue weighted by atomic mass is 10.1. The highest BCUT2D eigenvalue weighted by atomic mass is 28.4. The van der Waals surface area contributed by atoms with E-state index >= 15 is 0 Å². The van der Waals surface area contributed by atoms with Crippen molar-refractivity contribution >= 4 is 8.32 Å². The topological polar surface area (TPSA) is 9.23 Å². The molecule has 0 bridgehead atoms. The average molecular weight is 224 g/mol. The van der Waals surface area contributed by atoms with Gasteiger partial charge in [-0.15, -0.1) is 0 Å². The smallest absolute Gasteiger partial charge is 0.184 e. The predicted molar refractivity (Wildman–Crippen MR) is 61.7 cm³/mol. The van der Waals surface area contributed by atoms with Gasteiger partial charge in [-0.25, -0.2) is 4.39 Å². The van der Waals surface area contributed by atoms with Gasteiger partial charge in [-0.1, -0.05) is 12.1 Å². The molecule has 0 radical (unpaired) electrons. The molecule has 0 aliphatic heterocycles. The van der Waals surface area contributed by atoms with Gasteiger partial charge in [0.2, 0.25) is 0 Å². The van der Waals surface area contributed by atoms with Crippen LogP contribution in [0.25, 0.3) is 0 Å². The van der Waals surface area contributed by atoms with Gasteiger partial charge in [0.1, 0.15) is 5.82 Å². The zero-order valence-corrected chi connectivity index (χ0v) is 10.5. The van der Waals surface area contributed by atoms with Crippen LogP contribution in [0.2, 0.25) is 19.6 Å². The van der Waals surface area contributed by atoms with Gasteiger partial charge in [0.15, 0.2) is 8.32 Å². The minimum Gasteiger partial charge on any atom is -0.408 e. The third kappa shape index (κ3) is 2.47. The summed E-state index contributed by atoms with van der Waals surface area (Å²) in [5.74, 6) is -0.178. The lowest BCUT2D eigenvalue weighted by Crippen LogP contribution is -2.32. The molecule has 0 heterocycles. The molecule has 1 nitrogen and oxygen atoms in total. The Hall–Kier alpha value is -0.673. The van der Waals surface area contributed by atoms with Crippen LogP contribution in [-0.2, 0) is 10.0 Å². The van der Waals surface area contributed by atoms with E-state index in [2.05, 4.69) is 19.6 Å². The van der Waals surface area contributed by atoms with E-state index < -0.39 is 8.32 Å². The molecule has 1 aromatic rings. The van der Waals surface area contributed by atoms with E-state index in [1.165, 1.54) is 12.1 Å². The van der Waals surface area contributed by atoms with Gasteiger partial charge in [-0.2, -0.15) is 0 Å². The van der Waals surface area contributed by atoms with Crippen molar-refractivity contribution < 1.29 is 8.82 Å². The van der Waals surface area contributed by atoms with E-state index in [1.807, 2.05) is 12.1 Å². The Morgan fingerprint density at radius 1 is 1.13 bits per heavy atom. The lowest BCUT2D eigenvalue weighted by molar-refractivity contribution is 0.172. The number of hydrogen-bond acceptors (Lipinski definition) is 1. The van der Waals surface area contributed by atoms with Crippen LogP contribution in [0, 0.1) is 5.82 Å². The molecule has 1 saturated carbocycles. The van der Waals surface area contributed by atoms with Crippen LogP contribution in [0.15, 0.2) is 24.3 Å². The van der Waals surface area contributed by atoms with Crippen molar-refractivity contribution in [2.45, 2.75) is 38.1 Å². The third-order valence-corrected chi connectivity index (χ3v) is 3.58. The summed E-state index contributed by atoms with van der Waals surface area (Å²) in [6.45, 7) is 6.57. The summed E-state index contributed by atoms with van der Waals surface area (Å²) in [6.07, 6.45) is 2.14. The van der Waals surface area contributed by atoms with Gasteiger partial charge in [-0.3, -0.25) is 0 Å². The van der Waals surface area contributed by atoms with Gasteiger partial charge < -0.3 is 4.43 Å². The zero-order chi connectivity index (χ0) is 11.1. The Bertz CT molecular complexity index is 349. The maximum absolute atomic E-state index is 12.8. The van der Waals surface area contributed by atoms with Crippen molar-refractivity contribution in [2.24, 2.45) is 0 Å². The molecule has 0 aromatic heterocycles. The fourth-order valence-corrected chi connectivity index (χ4v) is 3.40. The number of hydrogen-bond donors (Lipinski definition) is 0. The third-order valence-electron chi connectivity index (χ3n) is 2.58. The number of rotatable bonds is 3. The van der Waals surface area contributed by atoms with Gasteiger partial charge in [0, 0.05) is 0 Å². The van der Waals surface area contributed by atoms with Crippen molar-refractivity contribution in [1.29, 1.82) is 0 Å². The molecule has 3 heteroatoms. The molecule has 1 fully saturated rings. The second-order valence-corrected chi connectivity index (χ2v) is 9.64. The summed E-state index contributed by atoms with van der Waals surface area (Å²) in [5, 5.41) is 0. The quantitative estimate of drug-likeness (QED) is 0.712. The number of halogens is 1. The molecule has 1 aromatic carbocycles. The maximum Gasteiger partial charge on any atom is 0.184 e. The first-order valence-corrected chi connectivity index (χ1v) is 8.78. The van der Waals surface area contributed by atoms with E-state index in [9.17, 15) is 4.39 Å². The molecular weight excluding hydrogens is 207 g/mol.